The summed E-state index contributed by atoms with van der Waals surface area (Å²) < 4.78 is 28.9. The lowest BCUT2D eigenvalue weighted by Gasteiger charge is -2.23. The fourth-order valence-electron chi connectivity index (χ4n) is 13.6. The number of unbranched alkanes of at least 4 members (excludes halogenated alkanes) is 5. The molecule has 3 aliphatic carbocycles. The highest BCUT2D eigenvalue weighted by molar-refractivity contribution is 6.32. The van der Waals surface area contributed by atoms with E-state index in [-0.39, 0.29) is 97.0 Å². The number of benzene rings is 3. The SMILES string of the molecule is CC(C)(C)OC(=O)N=C(CCCCOc1ccc(CCCCN=C(N)NC(=O)c2nc(Cl)c(N)nc2N)c2c1CCCC2)NC(=O)OC(C)(C)C.N=C(N)CCCCOc1ccc(CCCCN=C(N)NC(=O)c2nc(Cl)c(N)nc2N)c2c1CCCC2.NCCCOc1ccc(CCCCN=C(N)NC(=O)c2nc(Cl)c(N)nc2N)c2c1CCCC2. The molecule has 6 aromatic rings. The van der Waals surface area contributed by atoms with E-state index in [0.717, 1.165) is 146 Å². The monoisotopic (exact) mass is 1750 g/mol. The number of anilines is 6. The average Bonchev–Trinajstić information content (AvgIpc) is 0.813. The summed E-state index contributed by atoms with van der Waals surface area (Å²) in [5.41, 5.74) is 72.6. The number of amidine groups is 2. The summed E-state index contributed by atoms with van der Waals surface area (Å²) in [6.45, 7) is 14.3. The molecular weight excluding hydrogens is 1630 g/mol. The summed E-state index contributed by atoms with van der Waals surface area (Å²) in [5.74, 6) is 0.615. The van der Waals surface area contributed by atoms with E-state index in [2.05, 4.69) is 101 Å². The first-order chi connectivity index (χ1) is 58.1. The third-order valence-electron chi connectivity index (χ3n) is 19.3. The summed E-state index contributed by atoms with van der Waals surface area (Å²) in [7, 11) is 0. The number of nitrogens with one attached hydrogen (secondary N) is 5. The number of halogens is 3. The number of aliphatic imine (C=N–C) groups is 4. The van der Waals surface area contributed by atoms with Crippen molar-refractivity contribution in [1.82, 2.24) is 51.2 Å². The van der Waals surface area contributed by atoms with Crippen molar-refractivity contribution in [2.45, 2.75) is 233 Å². The van der Waals surface area contributed by atoms with E-state index in [0.29, 0.717) is 71.7 Å². The molecule has 0 fully saturated rings. The quantitative estimate of drug-likeness (QED) is 0.0101. The first-order valence-electron chi connectivity index (χ1n) is 41.3. The number of carbonyl (C=O) groups excluding carboxylic acids is 5. The number of fused-ring (bicyclic) bond motifs is 3. The molecular formula is C83H121Cl3N26O10. The van der Waals surface area contributed by atoms with Crippen LogP contribution in [-0.4, -0.2) is 147 Å². The minimum Gasteiger partial charge on any atom is -0.493 e. The number of hydrogen-bond donors (Lipinski definition) is 16. The molecule has 3 aliphatic rings. The topological polar surface area (TPSA) is 616 Å². The van der Waals surface area contributed by atoms with Crippen molar-refractivity contribution in [1.29, 1.82) is 5.41 Å². The summed E-state index contributed by atoms with van der Waals surface area (Å²) in [6.07, 6.45) is 24.6. The van der Waals surface area contributed by atoms with Crippen molar-refractivity contribution in [3.05, 3.63) is 119 Å². The zero-order valence-corrected chi connectivity index (χ0v) is 73.0. The lowest BCUT2D eigenvalue weighted by molar-refractivity contribution is 0.0560. The van der Waals surface area contributed by atoms with Crippen LogP contribution in [0.2, 0.25) is 15.5 Å². The van der Waals surface area contributed by atoms with E-state index in [9.17, 15) is 24.0 Å². The molecule has 3 heterocycles. The fourth-order valence-corrected chi connectivity index (χ4v) is 14.0. The molecule has 0 saturated carbocycles. The molecule has 27 N–H and O–H groups in total. The number of carbonyl (C=O) groups is 5. The third-order valence-corrected chi connectivity index (χ3v) is 20.1. The van der Waals surface area contributed by atoms with Gasteiger partial charge in [0, 0.05) is 32.5 Å². The van der Waals surface area contributed by atoms with Crippen LogP contribution in [0.1, 0.15) is 245 Å². The zero-order valence-electron chi connectivity index (χ0n) is 70.8. The van der Waals surface area contributed by atoms with Crippen LogP contribution in [0.4, 0.5) is 44.5 Å². The first-order valence-corrected chi connectivity index (χ1v) is 42.4. The second-order valence-electron chi connectivity index (χ2n) is 31.4. The summed E-state index contributed by atoms with van der Waals surface area (Å²) in [4.78, 5) is 101. The number of nitrogen functional groups attached to an aromatic ring is 6. The Morgan fingerprint density at radius 2 is 0.730 bits per heavy atom. The summed E-state index contributed by atoms with van der Waals surface area (Å²) >= 11 is 17.5. The van der Waals surface area contributed by atoms with Crippen LogP contribution in [0.5, 0.6) is 17.2 Å². The molecule has 3 aromatic carbocycles. The van der Waals surface area contributed by atoms with Gasteiger partial charge in [0.15, 0.2) is 85.3 Å². The number of amides is 5. The van der Waals surface area contributed by atoms with Crippen LogP contribution >= 0.6 is 34.8 Å². The maximum atomic E-state index is 12.4. The smallest absolute Gasteiger partial charge is 0.435 e. The van der Waals surface area contributed by atoms with Gasteiger partial charge < -0.3 is 86.8 Å². The Bertz CT molecular complexity index is 4730. The van der Waals surface area contributed by atoms with Gasteiger partial charge in [0.1, 0.15) is 34.3 Å². The predicted octanol–water partition coefficient (Wildman–Crippen LogP) is 10.3. The number of nitrogens with zero attached hydrogens (tertiary/aromatic N) is 10. The fraction of sp³-hybridized carbons (Fsp3) is 0.518. The lowest BCUT2D eigenvalue weighted by Crippen LogP contribution is -2.38. The zero-order chi connectivity index (χ0) is 89.1. The van der Waals surface area contributed by atoms with Crippen LogP contribution in [0.15, 0.2) is 56.4 Å². The van der Waals surface area contributed by atoms with Crippen LogP contribution in [0.25, 0.3) is 0 Å². The minimum atomic E-state index is -0.778. The molecule has 9 rings (SSSR count). The standard InChI is InChI=1S/C35H52ClN9O6.C25H36ClN9O2.C23H33ClN8O2/c1-34(2,3)50-32(47)41-25(42-33(48)51-35(4,5)6)16-10-12-20-49-24-18-17-21(22-14-7-8-15-23(22)24)13-9-11-19-40-31(39)45-30(46)26-28(37)44-29(38)27(36)43-26;26-21-23(30)34-22(29)20(33-21)24(36)35-25(31)32-13-5-3-7-15-11-12-18(17-9-2-1-8-16(15)17)37-14-6-4-10-19(27)28;24-19-21(27)31-20(26)18(30-19)22(33)32-23(28)29-12-4-3-6-14-9-10-17(34-13-5-11-25)16-8-2-1-7-15(14)16/h17-18H,7-16,19-20H2,1-6H3,(H4,37,38,44)(H3,39,40,45,46)(H,41,42,47,48);11-12H,1-10,13-14H2,(H3,27,28)(H4,29,30,34)(H3,31,32,35,36);9-10H,1-8,11-13,25H2,(H4,26,27,31)(H3,28,29,32,33). The van der Waals surface area contributed by atoms with Gasteiger partial charge in [-0.1, -0.05) is 53.0 Å². The molecule has 0 aliphatic heterocycles. The Hall–Kier alpha value is -11.4. The van der Waals surface area contributed by atoms with Crippen molar-refractivity contribution in [2.75, 3.05) is 80.4 Å². The Morgan fingerprint density at radius 3 is 1.05 bits per heavy atom. The van der Waals surface area contributed by atoms with Gasteiger partial charge in [-0.05, 0) is 283 Å². The van der Waals surface area contributed by atoms with E-state index in [1.807, 2.05) is 6.07 Å². The lowest BCUT2D eigenvalue weighted by atomic mass is 9.86. The molecule has 0 unspecified atom stereocenters. The largest absolute Gasteiger partial charge is 0.493 e. The number of guanidine groups is 3. The molecule has 0 atom stereocenters. The number of nitrogens with two attached hydrogens (primary N) is 11. The Kier molecular flexibility index (Phi) is 39.2. The van der Waals surface area contributed by atoms with E-state index in [1.165, 1.54) is 75.8 Å². The molecule has 664 valence electrons. The second-order valence-corrected chi connectivity index (χ2v) is 32.5. The number of ether oxygens (including phenoxy) is 5. The van der Waals surface area contributed by atoms with Gasteiger partial charge in [0.05, 0.1) is 25.7 Å². The van der Waals surface area contributed by atoms with Gasteiger partial charge in [0.2, 0.25) is 0 Å². The highest BCUT2D eigenvalue weighted by atomic mass is 35.5. The molecule has 5 amide bonds. The highest BCUT2D eigenvalue weighted by Crippen LogP contribution is 2.37. The van der Waals surface area contributed by atoms with Gasteiger partial charge >= 0.3 is 12.2 Å². The van der Waals surface area contributed by atoms with Crippen molar-refractivity contribution in [3.63, 3.8) is 0 Å². The average molecular weight is 1750 g/mol. The van der Waals surface area contributed by atoms with Crippen LogP contribution in [0.3, 0.4) is 0 Å². The molecule has 36 nitrogen and oxygen atoms in total. The van der Waals surface area contributed by atoms with Gasteiger partial charge in [0.25, 0.3) is 17.7 Å². The maximum Gasteiger partial charge on any atom is 0.435 e. The highest BCUT2D eigenvalue weighted by Gasteiger charge is 2.26. The van der Waals surface area contributed by atoms with Crippen LogP contribution < -0.4 is 98.5 Å². The van der Waals surface area contributed by atoms with Gasteiger partial charge in [-0.2, -0.15) is 4.99 Å². The third kappa shape index (κ3) is 32.9. The molecule has 122 heavy (non-hydrogen) atoms. The van der Waals surface area contributed by atoms with Crippen LogP contribution in [0, 0.1) is 5.41 Å². The summed E-state index contributed by atoms with van der Waals surface area (Å²) in [5, 5.41) is 16.9. The molecule has 0 spiro atoms. The van der Waals surface area contributed by atoms with Gasteiger partial charge in [-0.3, -0.25) is 56.0 Å². The normalized spacial score (nSPS) is 13.4. The predicted molar refractivity (Wildman–Crippen MR) is 480 cm³/mol. The molecule has 3 aromatic heterocycles. The Balaban J connectivity index is 0.000000258. The van der Waals surface area contributed by atoms with Crippen molar-refractivity contribution < 1.29 is 47.7 Å². The van der Waals surface area contributed by atoms with E-state index in [1.54, 1.807) is 41.5 Å². The maximum absolute atomic E-state index is 12.4. The minimum absolute atomic E-state index is 0.0180. The Labute approximate surface area is 727 Å². The molecule has 0 bridgehead atoms. The second kappa shape index (κ2) is 48.9. The number of aryl methyl sites for hydroxylation is 3. The van der Waals surface area contributed by atoms with Gasteiger partial charge in [-0.15, -0.1) is 0 Å². The number of hydrogen-bond acceptors (Lipinski definition) is 27. The first kappa shape index (κ1) is 97.7. The Morgan fingerprint density at radius 1 is 0.410 bits per heavy atom. The van der Waals surface area contributed by atoms with E-state index < -0.39 is 41.1 Å². The van der Waals surface area contributed by atoms with E-state index in [4.69, 9.17) is 127 Å². The van der Waals surface area contributed by atoms with Crippen LogP contribution in [-0.2, 0) is 67.3 Å². The van der Waals surface area contributed by atoms with Crippen molar-refractivity contribution >= 4 is 129 Å². The van der Waals surface area contributed by atoms with Crippen molar-refractivity contribution in [3.8, 4) is 17.2 Å². The van der Waals surface area contributed by atoms with E-state index >= 15 is 0 Å². The number of aromatic nitrogens is 6. The molecule has 0 saturated heterocycles. The number of alkyl carbamates (subject to hydrolysis) is 1. The summed E-state index contributed by atoms with van der Waals surface area (Å²) in [6, 6.07) is 12.7. The number of rotatable bonds is 34. The molecule has 0 radical (unpaired) electrons. The van der Waals surface area contributed by atoms with Crippen molar-refractivity contribution in [2.24, 2.45) is 48.6 Å². The molecule has 39 heteroatoms. The van der Waals surface area contributed by atoms with Gasteiger partial charge in [-0.25, -0.2) is 39.5 Å².